The van der Waals surface area contributed by atoms with Crippen LogP contribution in [0.4, 0.5) is 5.69 Å². The first-order valence-corrected chi connectivity index (χ1v) is 6.17. The topological polar surface area (TPSA) is 64.4 Å². The van der Waals surface area contributed by atoms with Crippen LogP contribution in [0, 0.1) is 17.0 Å². The normalized spacial score (nSPS) is 10.4. The fraction of sp³-hybridized carbons (Fsp3) is 0.429. The summed E-state index contributed by atoms with van der Waals surface area (Å²) in [6, 6.07) is 5.27. The number of hydrogen-bond donors (Lipinski definition) is 1. The zero-order valence-corrected chi connectivity index (χ0v) is 11.4. The van der Waals surface area contributed by atoms with Crippen LogP contribution in [0.2, 0.25) is 0 Å². The molecule has 19 heavy (non-hydrogen) atoms. The van der Waals surface area contributed by atoms with E-state index in [4.69, 9.17) is 4.74 Å². The molecule has 5 heteroatoms. The van der Waals surface area contributed by atoms with Gasteiger partial charge in [-0.1, -0.05) is 24.3 Å². The van der Waals surface area contributed by atoms with Crippen molar-refractivity contribution in [1.82, 2.24) is 5.32 Å². The van der Waals surface area contributed by atoms with E-state index in [1.165, 1.54) is 0 Å². The first-order valence-electron chi connectivity index (χ1n) is 6.17. The number of nitro benzene ring substituents is 1. The van der Waals surface area contributed by atoms with Gasteiger partial charge in [-0.3, -0.25) is 10.1 Å². The van der Waals surface area contributed by atoms with Gasteiger partial charge in [0.05, 0.1) is 18.1 Å². The molecule has 104 valence electrons. The van der Waals surface area contributed by atoms with Crippen LogP contribution in [-0.2, 0) is 11.3 Å². The zero-order chi connectivity index (χ0) is 14.3. The molecule has 0 amide bonds. The van der Waals surface area contributed by atoms with Gasteiger partial charge in [-0.25, -0.2) is 0 Å². The Hall–Kier alpha value is -1.72. The molecule has 0 fully saturated rings. The summed E-state index contributed by atoms with van der Waals surface area (Å²) in [5.41, 5.74) is 2.74. The minimum Gasteiger partial charge on any atom is -0.376 e. The van der Waals surface area contributed by atoms with Gasteiger partial charge in [0.1, 0.15) is 0 Å². The van der Waals surface area contributed by atoms with Gasteiger partial charge in [0.15, 0.2) is 0 Å². The van der Waals surface area contributed by atoms with Gasteiger partial charge in [0.25, 0.3) is 5.69 Å². The van der Waals surface area contributed by atoms with Crippen LogP contribution in [0.1, 0.15) is 18.1 Å². The molecule has 1 rings (SSSR count). The van der Waals surface area contributed by atoms with Gasteiger partial charge in [0.2, 0.25) is 0 Å². The average Bonchev–Trinajstić information content (AvgIpc) is 2.34. The lowest BCUT2D eigenvalue weighted by Gasteiger charge is -2.07. The molecular formula is C14H20N2O3. The van der Waals surface area contributed by atoms with Gasteiger partial charge < -0.3 is 10.1 Å². The van der Waals surface area contributed by atoms with Crippen molar-refractivity contribution in [2.24, 2.45) is 0 Å². The van der Waals surface area contributed by atoms with Crippen LogP contribution in [0.3, 0.4) is 0 Å². The van der Waals surface area contributed by atoms with Crippen LogP contribution in [0.25, 0.3) is 0 Å². The maximum atomic E-state index is 10.8. The van der Waals surface area contributed by atoms with Gasteiger partial charge in [0, 0.05) is 24.7 Å². The third-order valence-electron chi connectivity index (χ3n) is 2.57. The quantitative estimate of drug-likeness (QED) is 0.339. The Morgan fingerprint density at radius 3 is 2.89 bits per heavy atom. The molecule has 0 spiro atoms. The minimum absolute atomic E-state index is 0.165. The van der Waals surface area contributed by atoms with Crippen molar-refractivity contribution in [2.75, 3.05) is 19.8 Å². The Labute approximate surface area is 113 Å². The number of nitrogens with one attached hydrogen (secondary N) is 1. The minimum atomic E-state index is -0.352. The molecule has 0 aliphatic carbocycles. The van der Waals surface area contributed by atoms with Gasteiger partial charge in [-0.2, -0.15) is 0 Å². The van der Waals surface area contributed by atoms with Gasteiger partial charge in [-0.15, -0.1) is 0 Å². The fourth-order valence-corrected chi connectivity index (χ4v) is 1.59. The maximum absolute atomic E-state index is 10.8. The number of rotatable bonds is 8. The van der Waals surface area contributed by atoms with E-state index in [1.54, 1.807) is 19.1 Å². The second kappa shape index (κ2) is 7.66. The average molecular weight is 264 g/mol. The number of hydrogen-bond acceptors (Lipinski definition) is 4. The molecule has 5 nitrogen and oxygen atoms in total. The van der Waals surface area contributed by atoms with Crippen LogP contribution >= 0.6 is 0 Å². The summed E-state index contributed by atoms with van der Waals surface area (Å²) in [5.74, 6) is 0. The van der Waals surface area contributed by atoms with Crippen LogP contribution < -0.4 is 5.32 Å². The predicted octanol–water partition coefficient (Wildman–Crippen LogP) is 2.59. The van der Waals surface area contributed by atoms with E-state index in [1.807, 2.05) is 13.0 Å². The lowest BCUT2D eigenvalue weighted by Crippen LogP contribution is -2.19. The van der Waals surface area contributed by atoms with Crippen molar-refractivity contribution in [3.05, 3.63) is 51.6 Å². The van der Waals surface area contributed by atoms with Crippen molar-refractivity contribution in [1.29, 1.82) is 0 Å². The highest BCUT2D eigenvalue weighted by molar-refractivity contribution is 5.42. The first kappa shape index (κ1) is 15.3. The molecule has 0 bridgehead atoms. The lowest BCUT2D eigenvalue weighted by atomic mass is 10.1. The molecule has 0 saturated heterocycles. The fourth-order valence-electron chi connectivity index (χ4n) is 1.59. The van der Waals surface area contributed by atoms with Crippen LogP contribution in [-0.4, -0.2) is 24.7 Å². The van der Waals surface area contributed by atoms with Crippen molar-refractivity contribution in [3.8, 4) is 0 Å². The van der Waals surface area contributed by atoms with E-state index in [9.17, 15) is 10.1 Å². The summed E-state index contributed by atoms with van der Waals surface area (Å²) in [4.78, 5) is 10.5. The van der Waals surface area contributed by atoms with Crippen LogP contribution in [0.5, 0.6) is 0 Å². The molecule has 0 radical (unpaired) electrons. The molecule has 0 heterocycles. The van der Waals surface area contributed by atoms with E-state index in [2.05, 4.69) is 11.9 Å². The molecule has 1 aromatic carbocycles. The standard InChI is InChI=1S/C14H20N2O3/c1-11(2)10-19-7-6-15-9-13-5-4-12(3)14(8-13)16(17)18/h4-5,8,15H,1,6-7,9-10H2,2-3H3. The maximum Gasteiger partial charge on any atom is 0.272 e. The highest BCUT2D eigenvalue weighted by atomic mass is 16.6. The van der Waals surface area contributed by atoms with Crippen molar-refractivity contribution < 1.29 is 9.66 Å². The van der Waals surface area contributed by atoms with Gasteiger partial charge in [-0.05, 0) is 19.4 Å². The Morgan fingerprint density at radius 2 is 2.26 bits per heavy atom. The zero-order valence-electron chi connectivity index (χ0n) is 11.4. The third-order valence-corrected chi connectivity index (χ3v) is 2.57. The smallest absolute Gasteiger partial charge is 0.272 e. The molecule has 0 aliphatic heterocycles. The summed E-state index contributed by atoms with van der Waals surface area (Å²) in [5, 5.41) is 14.0. The number of aryl methyl sites for hydroxylation is 1. The number of ether oxygens (including phenoxy) is 1. The monoisotopic (exact) mass is 264 g/mol. The number of nitrogens with zero attached hydrogens (tertiary/aromatic N) is 1. The summed E-state index contributed by atoms with van der Waals surface area (Å²) < 4.78 is 5.34. The lowest BCUT2D eigenvalue weighted by molar-refractivity contribution is -0.385. The highest BCUT2D eigenvalue weighted by Crippen LogP contribution is 2.18. The van der Waals surface area contributed by atoms with E-state index < -0.39 is 0 Å². The molecule has 1 aromatic rings. The third kappa shape index (κ3) is 5.63. The SMILES string of the molecule is C=C(C)COCCNCc1ccc(C)c([N+](=O)[O-])c1. The number of benzene rings is 1. The van der Waals surface area contributed by atoms with Crippen molar-refractivity contribution in [2.45, 2.75) is 20.4 Å². The Kier molecular flexibility index (Phi) is 6.18. The molecule has 0 aromatic heterocycles. The Bertz CT molecular complexity index is 458. The molecule has 1 N–H and O–H groups in total. The predicted molar refractivity (Wildman–Crippen MR) is 75.2 cm³/mol. The Morgan fingerprint density at radius 1 is 1.53 bits per heavy atom. The van der Waals surface area contributed by atoms with E-state index >= 15 is 0 Å². The van der Waals surface area contributed by atoms with E-state index in [0.29, 0.717) is 31.9 Å². The van der Waals surface area contributed by atoms with Crippen molar-refractivity contribution >= 4 is 5.69 Å². The summed E-state index contributed by atoms with van der Waals surface area (Å²) >= 11 is 0. The molecule has 0 aliphatic rings. The molecule has 0 unspecified atom stereocenters. The second-order valence-corrected chi connectivity index (χ2v) is 4.56. The summed E-state index contributed by atoms with van der Waals surface area (Å²) in [6.07, 6.45) is 0. The molecule has 0 saturated carbocycles. The largest absolute Gasteiger partial charge is 0.376 e. The second-order valence-electron chi connectivity index (χ2n) is 4.56. The first-order chi connectivity index (χ1) is 9.00. The Balaban J connectivity index is 2.35. The van der Waals surface area contributed by atoms with Gasteiger partial charge >= 0.3 is 0 Å². The van der Waals surface area contributed by atoms with E-state index in [0.717, 1.165) is 11.1 Å². The van der Waals surface area contributed by atoms with Crippen LogP contribution in [0.15, 0.2) is 30.4 Å². The highest BCUT2D eigenvalue weighted by Gasteiger charge is 2.10. The van der Waals surface area contributed by atoms with Crippen molar-refractivity contribution in [3.63, 3.8) is 0 Å². The molecular weight excluding hydrogens is 244 g/mol. The molecule has 0 atom stereocenters. The summed E-state index contributed by atoms with van der Waals surface area (Å²) in [7, 11) is 0. The number of nitro groups is 1. The van der Waals surface area contributed by atoms with E-state index in [-0.39, 0.29) is 10.6 Å². The summed E-state index contributed by atoms with van der Waals surface area (Å²) in [6.45, 7) is 9.86.